The second kappa shape index (κ2) is 12.3. The zero-order valence-electron chi connectivity index (χ0n) is 20.8. The van der Waals surface area contributed by atoms with E-state index in [9.17, 15) is 18.0 Å². The summed E-state index contributed by atoms with van der Waals surface area (Å²) in [5.41, 5.74) is 2.02. The van der Waals surface area contributed by atoms with Crippen molar-refractivity contribution in [3.63, 3.8) is 0 Å². The average molecular weight is 555 g/mol. The van der Waals surface area contributed by atoms with Gasteiger partial charge in [-0.2, -0.15) is 0 Å². The van der Waals surface area contributed by atoms with Crippen molar-refractivity contribution in [3.05, 3.63) is 63.6 Å². The molecule has 0 radical (unpaired) electrons. The number of nitrogens with one attached hydrogen (secondary N) is 1. The first-order chi connectivity index (χ1) is 17.0. The minimum Gasteiger partial charge on any atom is -0.352 e. The molecule has 0 aromatic heterocycles. The lowest BCUT2D eigenvalue weighted by Crippen LogP contribution is -2.53. The molecule has 1 saturated carbocycles. The van der Waals surface area contributed by atoms with Gasteiger partial charge in [0.15, 0.2) is 0 Å². The van der Waals surface area contributed by atoms with E-state index in [0.29, 0.717) is 6.42 Å². The molecule has 7 nitrogen and oxygen atoms in total. The van der Waals surface area contributed by atoms with Gasteiger partial charge < -0.3 is 10.2 Å². The molecule has 0 unspecified atom stereocenters. The maximum atomic E-state index is 13.7. The Morgan fingerprint density at radius 3 is 2.31 bits per heavy atom. The number of carbonyl (C=O) groups is 2. The molecular weight excluding hydrogens is 521 g/mol. The highest BCUT2D eigenvalue weighted by atomic mass is 35.5. The van der Waals surface area contributed by atoms with Crippen LogP contribution in [-0.2, 0) is 26.2 Å². The molecule has 1 atom stereocenters. The third-order valence-electron chi connectivity index (χ3n) is 6.42. The van der Waals surface area contributed by atoms with Gasteiger partial charge in [-0.1, -0.05) is 72.8 Å². The maximum absolute atomic E-state index is 13.7. The number of sulfonamides is 1. The number of aryl methyl sites for hydroxylation is 1. The van der Waals surface area contributed by atoms with Gasteiger partial charge in [0.25, 0.3) is 0 Å². The summed E-state index contributed by atoms with van der Waals surface area (Å²) in [6.07, 6.45) is 5.36. The van der Waals surface area contributed by atoms with Crippen LogP contribution in [0, 0.1) is 6.92 Å². The fourth-order valence-corrected chi connectivity index (χ4v) is 5.74. The third-order valence-corrected chi connectivity index (χ3v) is 8.10. The fraction of sp³-hybridized carbons (Fsp3) is 0.462. The normalized spacial score (nSPS) is 14.9. The number of carbonyl (C=O) groups excluding carboxylic acids is 2. The van der Waals surface area contributed by atoms with Gasteiger partial charge >= 0.3 is 0 Å². The van der Waals surface area contributed by atoms with E-state index in [0.717, 1.165) is 47.4 Å². The molecule has 3 rings (SSSR count). The van der Waals surface area contributed by atoms with E-state index >= 15 is 0 Å². The van der Waals surface area contributed by atoms with Crippen molar-refractivity contribution in [1.29, 1.82) is 0 Å². The third kappa shape index (κ3) is 7.37. The molecule has 36 heavy (non-hydrogen) atoms. The lowest BCUT2D eigenvalue weighted by Gasteiger charge is -2.33. The van der Waals surface area contributed by atoms with Crippen molar-refractivity contribution in [2.24, 2.45) is 0 Å². The average Bonchev–Trinajstić information content (AvgIpc) is 3.32. The first-order valence-electron chi connectivity index (χ1n) is 12.1. The second-order valence-corrected chi connectivity index (χ2v) is 12.0. The second-order valence-electron chi connectivity index (χ2n) is 9.29. The fourth-order valence-electron chi connectivity index (χ4n) is 4.45. The van der Waals surface area contributed by atoms with E-state index < -0.39 is 28.5 Å². The number of hydrogen-bond donors (Lipinski definition) is 1. The minimum atomic E-state index is -3.89. The molecule has 0 bridgehead atoms. The van der Waals surface area contributed by atoms with Crippen molar-refractivity contribution in [2.75, 3.05) is 17.1 Å². The first-order valence-corrected chi connectivity index (χ1v) is 14.7. The lowest BCUT2D eigenvalue weighted by atomic mass is 10.1. The van der Waals surface area contributed by atoms with Crippen LogP contribution in [-0.4, -0.2) is 50.0 Å². The molecule has 1 fully saturated rings. The van der Waals surface area contributed by atoms with Gasteiger partial charge in [-0.25, -0.2) is 8.42 Å². The van der Waals surface area contributed by atoms with Crippen LogP contribution in [0.3, 0.4) is 0 Å². The largest absolute Gasteiger partial charge is 0.352 e. The van der Waals surface area contributed by atoms with Gasteiger partial charge in [0.1, 0.15) is 12.6 Å². The summed E-state index contributed by atoms with van der Waals surface area (Å²) in [5.74, 6) is -0.734. The van der Waals surface area contributed by atoms with Gasteiger partial charge in [-0.3, -0.25) is 13.9 Å². The van der Waals surface area contributed by atoms with E-state index in [1.807, 2.05) is 38.1 Å². The first kappa shape index (κ1) is 28.3. The summed E-state index contributed by atoms with van der Waals surface area (Å²) in [4.78, 5) is 28.5. The van der Waals surface area contributed by atoms with Gasteiger partial charge in [0.2, 0.25) is 21.8 Å². The summed E-state index contributed by atoms with van der Waals surface area (Å²) in [6, 6.07) is 11.5. The number of halogens is 2. The molecule has 1 aliphatic carbocycles. The van der Waals surface area contributed by atoms with Crippen LogP contribution in [0.4, 0.5) is 5.69 Å². The number of hydrogen-bond acceptors (Lipinski definition) is 4. The van der Waals surface area contributed by atoms with Gasteiger partial charge in [-0.05, 0) is 49.9 Å². The van der Waals surface area contributed by atoms with Crippen molar-refractivity contribution in [1.82, 2.24) is 10.2 Å². The molecule has 0 heterocycles. The van der Waals surface area contributed by atoms with Gasteiger partial charge in [0.05, 0.1) is 17.0 Å². The maximum Gasteiger partial charge on any atom is 0.244 e. The Morgan fingerprint density at radius 1 is 1.08 bits per heavy atom. The molecule has 2 aromatic carbocycles. The van der Waals surface area contributed by atoms with Gasteiger partial charge in [0, 0.05) is 17.6 Å². The number of benzene rings is 2. The topological polar surface area (TPSA) is 86.8 Å². The Morgan fingerprint density at radius 2 is 1.72 bits per heavy atom. The molecule has 196 valence electrons. The Kier molecular flexibility index (Phi) is 9.66. The van der Waals surface area contributed by atoms with Crippen molar-refractivity contribution < 1.29 is 18.0 Å². The summed E-state index contributed by atoms with van der Waals surface area (Å²) in [5, 5.41) is 3.52. The van der Waals surface area contributed by atoms with Crippen LogP contribution in [0.15, 0.2) is 42.5 Å². The van der Waals surface area contributed by atoms with Crippen LogP contribution in [0.2, 0.25) is 10.0 Å². The summed E-state index contributed by atoms with van der Waals surface area (Å²) in [6.45, 7) is 3.46. The number of amides is 2. The predicted octanol–water partition coefficient (Wildman–Crippen LogP) is 4.93. The van der Waals surface area contributed by atoms with Crippen LogP contribution < -0.4 is 9.62 Å². The van der Waals surface area contributed by atoms with Crippen LogP contribution in [0.5, 0.6) is 0 Å². The monoisotopic (exact) mass is 553 g/mol. The molecule has 2 amide bonds. The molecule has 0 saturated heterocycles. The van der Waals surface area contributed by atoms with Crippen molar-refractivity contribution in [2.45, 2.75) is 64.6 Å². The van der Waals surface area contributed by atoms with Crippen LogP contribution in [0.1, 0.15) is 50.2 Å². The van der Waals surface area contributed by atoms with Crippen molar-refractivity contribution >= 4 is 50.7 Å². The van der Waals surface area contributed by atoms with Crippen LogP contribution >= 0.6 is 23.2 Å². The Bertz CT molecular complexity index is 1180. The summed E-state index contributed by atoms with van der Waals surface area (Å²) < 4.78 is 26.4. The van der Waals surface area contributed by atoms with Crippen molar-refractivity contribution in [3.8, 4) is 0 Å². The number of rotatable bonds is 10. The highest BCUT2D eigenvalue weighted by Crippen LogP contribution is 2.31. The quantitative estimate of drug-likeness (QED) is 0.451. The smallest absolute Gasteiger partial charge is 0.244 e. The Hall–Kier alpha value is -2.29. The number of nitrogens with zero attached hydrogens (tertiary/aromatic N) is 2. The lowest BCUT2D eigenvalue weighted by molar-refractivity contribution is -0.140. The predicted molar refractivity (Wildman–Crippen MR) is 145 cm³/mol. The van der Waals surface area contributed by atoms with E-state index in [1.165, 1.54) is 17.0 Å². The minimum absolute atomic E-state index is 0.0978. The molecular formula is C26H33Cl2N3O4S. The zero-order chi connectivity index (χ0) is 26.5. The number of anilines is 1. The zero-order valence-corrected chi connectivity index (χ0v) is 23.2. The van der Waals surface area contributed by atoms with Crippen LogP contribution in [0.25, 0.3) is 0 Å². The van der Waals surface area contributed by atoms with E-state index in [4.69, 9.17) is 23.2 Å². The molecule has 1 N–H and O–H groups in total. The van der Waals surface area contributed by atoms with E-state index in [2.05, 4.69) is 5.32 Å². The summed E-state index contributed by atoms with van der Waals surface area (Å²) >= 11 is 12.4. The molecule has 1 aliphatic rings. The van der Waals surface area contributed by atoms with E-state index in [-0.39, 0.29) is 34.2 Å². The molecule has 0 aliphatic heterocycles. The highest BCUT2D eigenvalue weighted by molar-refractivity contribution is 7.92. The Labute approximate surface area is 223 Å². The Balaban J connectivity index is 1.94. The molecule has 0 spiro atoms. The van der Waals surface area contributed by atoms with Gasteiger partial charge in [-0.15, -0.1) is 0 Å². The standard InChI is InChI=1S/C26H33Cl2N3O4S/c1-4-23(26(33)29-21-7-5-6-8-21)30(16-19-11-9-18(2)10-12-19)25(32)17-31(36(3,34)35)24-15-20(27)13-14-22(24)28/h9-15,21,23H,4-8,16-17H2,1-3H3,(H,29,33)/t23-/m1/s1. The summed E-state index contributed by atoms with van der Waals surface area (Å²) in [7, 11) is -3.89. The SMILES string of the molecule is CC[C@H](C(=O)NC1CCCC1)N(Cc1ccc(C)cc1)C(=O)CN(c1cc(Cl)ccc1Cl)S(C)(=O)=O. The molecule has 10 heteroatoms. The van der Waals surface area contributed by atoms with E-state index in [1.54, 1.807) is 6.07 Å². The highest BCUT2D eigenvalue weighted by Gasteiger charge is 2.33. The molecule has 2 aromatic rings.